The highest BCUT2D eigenvalue weighted by molar-refractivity contribution is 7.09. The third-order valence-corrected chi connectivity index (χ3v) is 8.11. The number of aromatic nitrogens is 5. The van der Waals surface area contributed by atoms with E-state index in [1.807, 2.05) is 66.6 Å². The van der Waals surface area contributed by atoms with Crippen molar-refractivity contribution in [3.05, 3.63) is 100 Å². The molecule has 0 bridgehead atoms. The number of nitrogens with zero attached hydrogens (tertiary/aromatic N) is 6. The van der Waals surface area contributed by atoms with E-state index in [9.17, 15) is 4.79 Å². The van der Waals surface area contributed by atoms with Crippen LogP contribution in [-0.4, -0.2) is 42.5 Å². The lowest BCUT2D eigenvalue weighted by Crippen LogP contribution is -2.35. The minimum atomic E-state index is -0.873. The maximum atomic E-state index is 14.0. The van der Waals surface area contributed by atoms with Crippen LogP contribution in [0.25, 0.3) is 22.7 Å². The Morgan fingerprint density at radius 1 is 1.15 bits per heavy atom. The molecule has 1 fully saturated rings. The molecule has 0 radical (unpaired) electrons. The minimum Gasteiger partial charge on any atom is -0.419 e. The Hall–Kier alpha value is -4.28. The van der Waals surface area contributed by atoms with E-state index in [0.29, 0.717) is 35.7 Å². The fraction of sp³-hybridized carbons (Fsp3) is 0.267. The van der Waals surface area contributed by atoms with Crippen molar-refractivity contribution in [2.75, 3.05) is 6.54 Å². The third kappa shape index (κ3) is 5.28. The maximum Gasteiger partial charge on any atom is 0.254 e. The first-order valence-corrected chi connectivity index (χ1v) is 14.1. The van der Waals surface area contributed by atoms with Gasteiger partial charge in [-0.1, -0.05) is 30.3 Å². The average Bonchev–Trinajstić information content (AvgIpc) is 3.74. The van der Waals surface area contributed by atoms with Crippen LogP contribution in [0.2, 0.25) is 0 Å². The molecule has 6 rings (SSSR count). The van der Waals surface area contributed by atoms with E-state index in [2.05, 4.69) is 25.1 Å². The van der Waals surface area contributed by atoms with Crippen molar-refractivity contribution < 1.29 is 9.21 Å². The number of hydrogen-bond acceptors (Lipinski definition) is 9. The molecule has 9 nitrogen and oxygen atoms in total. The molecule has 0 aliphatic carbocycles. The fourth-order valence-corrected chi connectivity index (χ4v) is 6.04. The smallest absolute Gasteiger partial charge is 0.254 e. The topological polar surface area (TPSA) is 124 Å². The van der Waals surface area contributed by atoms with Crippen LogP contribution in [-0.2, 0) is 12.0 Å². The summed E-state index contributed by atoms with van der Waals surface area (Å²) in [5.74, 6) is 0.533. The van der Waals surface area contributed by atoms with Gasteiger partial charge in [0, 0.05) is 46.7 Å². The van der Waals surface area contributed by atoms with Gasteiger partial charge in [-0.25, -0.2) is 4.98 Å². The molecule has 2 atom stereocenters. The summed E-state index contributed by atoms with van der Waals surface area (Å²) in [5.41, 5.74) is 10.3. The number of likely N-dealkylation sites (tertiary alicyclic amines) is 1. The molecule has 0 saturated carbocycles. The van der Waals surface area contributed by atoms with Gasteiger partial charge in [-0.3, -0.25) is 14.8 Å². The van der Waals surface area contributed by atoms with Gasteiger partial charge >= 0.3 is 0 Å². The molecule has 0 unspecified atom stereocenters. The van der Waals surface area contributed by atoms with Gasteiger partial charge in [-0.05, 0) is 56.9 Å². The highest BCUT2D eigenvalue weighted by Gasteiger charge is 2.33. The van der Waals surface area contributed by atoms with Gasteiger partial charge in [0.1, 0.15) is 5.01 Å². The van der Waals surface area contributed by atoms with E-state index >= 15 is 0 Å². The van der Waals surface area contributed by atoms with Gasteiger partial charge in [0.15, 0.2) is 0 Å². The molecule has 1 saturated heterocycles. The lowest BCUT2D eigenvalue weighted by Gasteiger charge is -2.23. The first kappa shape index (κ1) is 26.0. The second-order valence-corrected chi connectivity index (χ2v) is 11.3. The normalized spacial score (nSPS) is 16.7. The Kier molecular flexibility index (Phi) is 6.95. The molecule has 4 heterocycles. The lowest BCUT2D eigenvalue weighted by molar-refractivity contribution is 0.0735. The van der Waals surface area contributed by atoms with E-state index in [4.69, 9.17) is 10.2 Å². The molecule has 1 aliphatic rings. The number of benzene rings is 2. The van der Waals surface area contributed by atoms with Crippen LogP contribution in [0.3, 0.4) is 0 Å². The molecule has 3 aromatic heterocycles. The second-order valence-electron chi connectivity index (χ2n) is 10.4. The lowest BCUT2D eigenvalue weighted by atomic mass is 9.94. The second kappa shape index (κ2) is 10.7. The van der Waals surface area contributed by atoms with E-state index < -0.39 is 5.54 Å². The Morgan fingerprint density at radius 2 is 1.98 bits per heavy atom. The molecular formula is C30H29N7O2S. The average molecular weight is 552 g/mol. The number of carbonyl (C=O) groups is 1. The van der Waals surface area contributed by atoms with Crippen molar-refractivity contribution in [3.63, 3.8) is 0 Å². The molecule has 202 valence electrons. The summed E-state index contributed by atoms with van der Waals surface area (Å²) in [6.45, 7) is 4.52. The van der Waals surface area contributed by atoms with Crippen LogP contribution in [0.1, 0.15) is 58.3 Å². The molecule has 1 aliphatic heterocycles. The Balaban J connectivity index is 1.36. The number of amides is 1. The minimum absolute atomic E-state index is 0.0410. The van der Waals surface area contributed by atoms with Gasteiger partial charge in [0.25, 0.3) is 5.91 Å². The van der Waals surface area contributed by atoms with Gasteiger partial charge in [0.05, 0.1) is 23.5 Å². The molecule has 10 heteroatoms. The number of aryl methyl sites for hydroxylation is 1. The van der Waals surface area contributed by atoms with E-state index in [-0.39, 0.29) is 17.8 Å². The summed E-state index contributed by atoms with van der Waals surface area (Å²) in [5, 5.41) is 11.6. The van der Waals surface area contributed by atoms with Crippen molar-refractivity contribution in [3.8, 4) is 22.7 Å². The number of rotatable bonds is 7. The molecule has 0 spiro atoms. The SMILES string of the molecule is Cc1csc([C@H]2CCCN2C(=O)c2cc(-c3cnccn3)cc(-c3nnc([C@](C)(N)Cc4ccccc4)o3)c2)n1. The van der Waals surface area contributed by atoms with Crippen molar-refractivity contribution in [2.45, 2.75) is 44.7 Å². The number of hydrogen-bond donors (Lipinski definition) is 1. The van der Waals surface area contributed by atoms with Crippen LogP contribution in [0.4, 0.5) is 0 Å². The number of carbonyl (C=O) groups excluding carboxylic acids is 1. The monoisotopic (exact) mass is 551 g/mol. The van der Waals surface area contributed by atoms with Crippen LogP contribution in [0.5, 0.6) is 0 Å². The quantitative estimate of drug-likeness (QED) is 0.287. The van der Waals surface area contributed by atoms with Crippen molar-refractivity contribution >= 4 is 17.2 Å². The first-order chi connectivity index (χ1) is 19.4. The van der Waals surface area contributed by atoms with Crippen LogP contribution < -0.4 is 5.73 Å². The predicted octanol–water partition coefficient (Wildman–Crippen LogP) is 5.35. The summed E-state index contributed by atoms with van der Waals surface area (Å²) >= 11 is 1.60. The molecule has 2 aromatic carbocycles. The summed E-state index contributed by atoms with van der Waals surface area (Å²) in [6, 6.07) is 15.4. The number of thiazole rings is 1. The zero-order valence-electron chi connectivity index (χ0n) is 22.3. The fourth-order valence-electron chi connectivity index (χ4n) is 5.09. The highest BCUT2D eigenvalue weighted by atomic mass is 32.1. The molecular weight excluding hydrogens is 522 g/mol. The van der Waals surface area contributed by atoms with Crippen molar-refractivity contribution in [1.29, 1.82) is 0 Å². The first-order valence-electron chi connectivity index (χ1n) is 13.2. The van der Waals surface area contributed by atoms with Crippen LogP contribution in [0, 0.1) is 6.92 Å². The largest absolute Gasteiger partial charge is 0.419 e. The summed E-state index contributed by atoms with van der Waals surface area (Å²) < 4.78 is 6.13. The Labute approximate surface area is 236 Å². The zero-order valence-corrected chi connectivity index (χ0v) is 23.1. The van der Waals surface area contributed by atoms with Gasteiger partial charge in [0.2, 0.25) is 11.8 Å². The molecule has 1 amide bonds. The van der Waals surface area contributed by atoms with Gasteiger partial charge in [-0.15, -0.1) is 21.5 Å². The van der Waals surface area contributed by atoms with E-state index in [1.54, 1.807) is 36.0 Å². The maximum absolute atomic E-state index is 14.0. The van der Waals surface area contributed by atoms with Gasteiger partial charge < -0.3 is 15.1 Å². The van der Waals surface area contributed by atoms with Crippen LogP contribution in [0.15, 0.2) is 76.9 Å². The van der Waals surface area contributed by atoms with E-state index in [0.717, 1.165) is 34.7 Å². The van der Waals surface area contributed by atoms with E-state index in [1.165, 1.54) is 0 Å². The standard InChI is InChI=1S/C30H29N7O2S/c1-19-18-40-27(34-19)25-9-6-12-37(25)28(38)23-14-21(24-17-32-10-11-33-24)13-22(15-23)26-35-36-29(39-26)30(2,31)16-20-7-4-3-5-8-20/h3-5,7-8,10-11,13-15,17-18,25H,6,9,12,16,31H2,1-2H3/t25-,30-/m1/s1. The zero-order chi connectivity index (χ0) is 27.7. The van der Waals surface area contributed by atoms with Crippen LogP contribution >= 0.6 is 11.3 Å². The molecule has 40 heavy (non-hydrogen) atoms. The van der Waals surface area contributed by atoms with Crippen molar-refractivity contribution in [1.82, 2.24) is 30.0 Å². The van der Waals surface area contributed by atoms with Crippen molar-refractivity contribution in [2.24, 2.45) is 5.73 Å². The summed E-state index contributed by atoms with van der Waals surface area (Å²) in [4.78, 5) is 29.2. The number of nitrogens with two attached hydrogens (primary N) is 1. The Morgan fingerprint density at radius 3 is 2.73 bits per heavy atom. The molecule has 2 N–H and O–H groups in total. The van der Waals surface area contributed by atoms with Gasteiger partial charge in [-0.2, -0.15) is 0 Å². The third-order valence-electron chi connectivity index (χ3n) is 7.05. The summed E-state index contributed by atoms with van der Waals surface area (Å²) in [6.07, 6.45) is 7.25. The summed E-state index contributed by atoms with van der Waals surface area (Å²) in [7, 11) is 0. The Bertz CT molecular complexity index is 1630. The highest BCUT2D eigenvalue weighted by Crippen LogP contribution is 2.36. The predicted molar refractivity (Wildman–Crippen MR) is 152 cm³/mol. The molecule has 5 aromatic rings.